The van der Waals surface area contributed by atoms with Gasteiger partial charge in [0.2, 0.25) is 0 Å². The summed E-state index contributed by atoms with van der Waals surface area (Å²) in [5.41, 5.74) is 3.17. The Morgan fingerprint density at radius 3 is 1.41 bits per heavy atom. The number of hydrogen-bond acceptors (Lipinski definition) is 17. The van der Waals surface area contributed by atoms with Crippen LogP contribution in [0, 0.1) is 10.8 Å². The fraction of sp³-hybridized carbons (Fsp3) is 0.355. The van der Waals surface area contributed by atoms with E-state index in [9.17, 15) is 48.9 Å². The third kappa shape index (κ3) is 35.8. The molecule has 2 saturated heterocycles. The van der Waals surface area contributed by atoms with Crippen LogP contribution < -0.4 is 4.72 Å². The number of ether oxygens (including phenoxy) is 1. The van der Waals surface area contributed by atoms with Crippen molar-refractivity contribution in [3.63, 3.8) is 0 Å². The second-order valence-corrected chi connectivity index (χ2v) is 29.0. The molecule has 21 nitrogen and oxygen atoms in total. The van der Waals surface area contributed by atoms with Crippen molar-refractivity contribution in [3.8, 4) is 0 Å². The molecule has 6 aromatic rings. The maximum atomic E-state index is 13.4. The molecule has 7 N–H and O–H groups in total. The number of aliphatic hydroxyl groups excluding tert-OH is 2. The first-order valence-electron chi connectivity index (χ1n) is 33.0. The van der Waals surface area contributed by atoms with Crippen molar-refractivity contribution in [1.29, 1.82) is 0 Å². The zero-order valence-corrected chi connectivity index (χ0v) is 67.6. The van der Waals surface area contributed by atoms with Gasteiger partial charge < -0.3 is 60.4 Å². The summed E-state index contributed by atoms with van der Waals surface area (Å²) in [7, 11) is 10.6. The summed E-state index contributed by atoms with van der Waals surface area (Å²) in [5, 5.41) is 64.2. The van der Waals surface area contributed by atoms with Gasteiger partial charge in [-0.3, -0.25) is 34.1 Å². The summed E-state index contributed by atoms with van der Waals surface area (Å²) < 4.78 is 7.84. The van der Waals surface area contributed by atoms with Gasteiger partial charge in [-0.2, -0.15) is 9.12 Å². The molecule has 2 aliphatic rings. The van der Waals surface area contributed by atoms with E-state index in [1.54, 1.807) is 69.5 Å². The van der Waals surface area contributed by atoms with Crippen molar-refractivity contribution in [2.45, 2.75) is 117 Å². The van der Waals surface area contributed by atoms with E-state index in [0.717, 1.165) is 55.2 Å². The molecule has 8 rings (SSSR count). The topological polar surface area (TPSA) is 322 Å². The number of allylic oxidation sites excluding steroid dienone is 1. The molecule has 6 atom stereocenters. The second-order valence-electron chi connectivity index (χ2n) is 25.0. The normalized spacial score (nSPS) is 15.1. The summed E-state index contributed by atoms with van der Waals surface area (Å²) in [6.45, 7) is 20.4. The zero-order valence-electron chi connectivity index (χ0n) is 60.2. The number of halogens is 1. The van der Waals surface area contributed by atoms with Crippen LogP contribution in [-0.2, 0) is 101 Å². The van der Waals surface area contributed by atoms with Gasteiger partial charge in [-0.15, -0.1) is 35.2 Å². The van der Waals surface area contributed by atoms with Gasteiger partial charge in [-0.25, -0.2) is 15.9 Å². The number of nitrogens with zero attached hydrogens (tertiary/aromatic N) is 6. The predicted octanol–water partition coefficient (Wildman–Crippen LogP) is 13.1. The quantitative estimate of drug-likeness (QED) is 0.00254. The number of aliphatic carboxylic acids is 4. The molecular formula is C76H94B2BrN7Ni3O14PS2+. The maximum absolute atomic E-state index is 13.4. The number of aliphatic hydroxyl groups is 2. The number of benzene rings is 6. The Kier molecular flexibility index (Phi) is 50.2. The number of carbonyl (C=O) groups is 6. The number of likely N-dealkylation sites (tertiary alicyclic amines) is 2. The van der Waals surface area contributed by atoms with Crippen LogP contribution >= 0.6 is 46.7 Å². The molecule has 2 radical (unpaired) electrons. The molecule has 0 aromatic heterocycles. The van der Waals surface area contributed by atoms with Crippen molar-refractivity contribution in [2.24, 2.45) is 20.8 Å². The molecule has 0 saturated carbocycles. The molecule has 2 amide bonds. The van der Waals surface area contributed by atoms with Crippen LogP contribution in [0.5, 0.6) is 0 Å². The number of amides is 2. The molecular weight excluding hydrogens is 1610 g/mol. The Balaban J connectivity index is 0.00000144. The molecule has 0 spiro atoms. The average Bonchev–Trinajstić information content (AvgIpc) is 1.20. The number of carbonyl (C=O) groups excluding carboxylic acids is 3. The number of aliphatic imine (C=N–C) groups is 2. The third-order valence-electron chi connectivity index (χ3n) is 15.4. The van der Waals surface area contributed by atoms with Crippen molar-refractivity contribution in [3.05, 3.63) is 239 Å². The molecule has 4 unspecified atom stereocenters. The SMILES string of the molecule is C=CCBr.C=CCOCC(C)(C)C(=O)O.CC(C)(CO)C(=O)O.C[C@@](CO)(N=C(c1ccccc1)c1ccccc1[N-]C(=O)C1CCCN1Cc1ccccc1)C(=O)O.C[C@H](N=C(c1ccccc1)c1ccccc1[N-]C(=O)C1CCCN1Cc1ccccc1)C(=O)O.[B]B(P)SSNC(C)[C-]=O.[Ni+2].[Ni+2].[Ni]. The molecule has 0 aliphatic carbocycles. The Morgan fingerprint density at radius 2 is 1.06 bits per heavy atom. The Labute approximate surface area is 674 Å². The van der Waals surface area contributed by atoms with Gasteiger partial charge >= 0.3 is 56.9 Å². The van der Waals surface area contributed by atoms with Crippen LogP contribution in [0.4, 0.5) is 11.4 Å². The minimum Gasteiger partial charge on any atom is -0.625 e. The summed E-state index contributed by atoms with van der Waals surface area (Å²) in [6.07, 6.45) is 8.56. The summed E-state index contributed by atoms with van der Waals surface area (Å²) in [6, 6.07) is 51.3. The molecule has 106 heavy (non-hydrogen) atoms. The van der Waals surface area contributed by atoms with E-state index in [0.29, 0.717) is 59.2 Å². The van der Waals surface area contributed by atoms with Crippen molar-refractivity contribution in [1.82, 2.24) is 14.5 Å². The van der Waals surface area contributed by atoms with Gasteiger partial charge in [0.1, 0.15) is 6.04 Å². The monoisotopic (exact) mass is 1700 g/mol. The standard InChI is InChI=1S/C29H31N3O4.C28H29N3O3.C8H14O3.C5H10O3.C3H7B2NOPS2.C3H5Br.3Ni/c1-29(20-33,28(35)36)31-26(22-13-6-3-7-14-22)23-15-8-9-16-24(23)30-27(34)25-17-10-18-32(25)19-21-11-4-2-5-12-21;1-20(28(33)34)29-26(22-13-6-3-7-14-22)23-15-8-9-16-24(23)30-27(32)25-17-10-18-31(25)19-21-11-4-2-5-12-21;1-4-5-11-6-8(2,3)7(9)10;1-5(2,3-6)4(7)8;1-3(2-7)6-10-9-5(4)8;1-2-3-4;;;/h2-9,11-16,25,33H,10,17-20H2,1H3,(H2,30,31,34,35,36);2-9,11-16,20,25H,10,17-19H2,1H3,(H2,29,30,32,33,34);4H,1,5-6H2,2-3H3,(H,9,10);6H,3H2,1-2H3,(H,7,8);3,6H,8H2,1H3;2H,1,3H2;;;/q;;;;-1;;;2*+2/p-2/t25?,29-;20-,25?;;;;;;;/m00......./s1. The fourth-order valence-corrected chi connectivity index (χ4v) is 11.1. The van der Waals surface area contributed by atoms with Crippen LogP contribution in [0.25, 0.3) is 10.6 Å². The Hall–Kier alpha value is -6.39. The summed E-state index contributed by atoms with van der Waals surface area (Å²) in [5.74, 6) is -4.49. The number of hydrogen-bond donors (Lipinski definition) is 7. The van der Waals surface area contributed by atoms with Gasteiger partial charge in [-0.05, 0) is 114 Å². The van der Waals surface area contributed by atoms with E-state index in [1.807, 2.05) is 115 Å². The molecule has 2 aliphatic heterocycles. The molecule has 2 fully saturated rings. The van der Waals surface area contributed by atoms with Crippen molar-refractivity contribution >= 4 is 125 Å². The first-order chi connectivity index (χ1) is 49.0. The molecule has 6 aromatic carbocycles. The number of para-hydroxylation sites is 2. The van der Waals surface area contributed by atoms with Crippen molar-refractivity contribution < 1.29 is 118 Å². The molecule has 2 heterocycles. The van der Waals surface area contributed by atoms with E-state index in [-0.39, 0.29) is 98.2 Å². The molecule has 576 valence electrons. The Morgan fingerprint density at radius 1 is 0.660 bits per heavy atom. The van der Waals surface area contributed by atoms with Gasteiger partial charge in [0.15, 0.2) is 11.1 Å². The van der Waals surface area contributed by atoms with E-state index in [1.165, 1.54) is 54.9 Å². The largest absolute Gasteiger partial charge is 2.00 e. The van der Waals surface area contributed by atoms with E-state index in [2.05, 4.69) is 97.6 Å². The zero-order chi connectivity index (χ0) is 76.5. The van der Waals surface area contributed by atoms with Gasteiger partial charge in [0.25, 0.3) is 0 Å². The first kappa shape index (κ1) is 99.6. The van der Waals surface area contributed by atoms with Crippen LogP contribution in [-0.4, -0.2) is 182 Å². The van der Waals surface area contributed by atoms with Crippen LogP contribution in [0.2, 0.25) is 0 Å². The van der Waals surface area contributed by atoms with Crippen LogP contribution in [0.15, 0.2) is 205 Å². The number of nitrogens with one attached hydrogen (secondary N) is 1. The Bertz CT molecular complexity index is 3710. The predicted molar refractivity (Wildman–Crippen MR) is 423 cm³/mol. The summed E-state index contributed by atoms with van der Waals surface area (Å²) in [4.78, 5) is 94.0. The number of alkyl halides is 1. The van der Waals surface area contributed by atoms with Gasteiger partial charge in [0, 0.05) is 53.8 Å². The number of carboxylic acids is 4. The molecule has 30 heteroatoms. The van der Waals surface area contributed by atoms with Crippen LogP contribution in [0.3, 0.4) is 0 Å². The average molecular weight is 1700 g/mol. The van der Waals surface area contributed by atoms with E-state index in [4.69, 9.17) is 27.8 Å². The fourth-order valence-electron chi connectivity index (χ4n) is 9.28. The van der Waals surface area contributed by atoms with Crippen LogP contribution in [0.1, 0.15) is 108 Å². The minimum absolute atomic E-state index is 0. The summed E-state index contributed by atoms with van der Waals surface area (Å²) >= 11 is 3.13. The number of rotatable bonds is 30. The molecule has 0 bridgehead atoms. The van der Waals surface area contributed by atoms with E-state index < -0.39 is 52.9 Å². The smallest absolute Gasteiger partial charge is 0.625 e. The minimum atomic E-state index is -1.75. The first-order valence-corrected chi connectivity index (χ1v) is 37.0. The van der Waals surface area contributed by atoms with E-state index >= 15 is 0 Å². The van der Waals surface area contributed by atoms with Gasteiger partial charge in [-0.1, -0.05) is 211 Å². The maximum Gasteiger partial charge on any atom is 2.00 e. The van der Waals surface area contributed by atoms with Gasteiger partial charge in [0.05, 0.1) is 72.6 Å². The third-order valence-corrected chi connectivity index (χ3v) is 18.8. The second kappa shape index (κ2) is 53.4. The number of carboxylic acid groups (broad SMARTS) is 4. The van der Waals surface area contributed by atoms with Crippen molar-refractivity contribution in [2.75, 3.05) is 44.8 Å².